The van der Waals surface area contributed by atoms with Gasteiger partial charge in [0, 0.05) is 12.2 Å². The number of nitriles is 1. The summed E-state index contributed by atoms with van der Waals surface area (Å²) in [5.74, 6) is 0.912. The molecule has 1 heterocycles. The summed E-state index contributed by atoms with van der Waals surface area (Å²) in [6, 6.07) is 9.71. The van der Waals surface area contributed by atoms with Gasteiger partial charge in [0.25, 0.3) is 0 Å². The number of rotatable bonds is 5. The fraction of sp³-hybridized carbons (Fsp3) is 0.312. The van der Waals surface area contributed by atoms with Crippen LogP contribution in [0.2, 0.25) is 0 Å². The molecule has 2 aromatic rings. The Morgan fingerprint density at radius 2 is 1.91 bits per heavy atom. The molecule has 6 nitrogen and oxygen atoms in total. The highest BCUT2D eigenvalue weighted by molar-refractivity contribution is 5.73. The van der Waals surface area contributed by atoms with Gasteiger partial charge in [-0.3, -0.25) is 0 Å². The lowest BCUT2D eigenvalue weighted by Gasteiger charge is -2.08. The molecule has 1 fully saturated rings. The minimum atomic E-state index is 0.0587. The second kappa shape index (κ2) is 6.00. The Balaban J connectivity index is 1.78. The van der Waals surface area contributed by atoms with E-state index in [2.05, 4.69) is 9.97 Å². The van der Waals surface area contributed by atoms with Gasteiger partial charge in [0.05, 0.1) is 12.3 Å². The molecule has 0 spiro atoms. The summed E-state index contributed by atoms with van der Waals surface area (Å²) in [6.07, 6.45) is 2.57. The third-order valence-electron chi connectivity index (χ3n) is 3.61. The third kappa shape index (κ3) is 3.15. The molecule has 0 aliphatic heterocycles. The monoisotopic (exact) mass is 295 g/mol. The van der Waals surface area contributed by atoms with Crippen molar-refractivity contribution in [1.29, 1.82) is 5.26 Å². The van der Waals surface area contributed by atoms with E-state index in [0.717, 1.165) is 23.7 Å². The quantitative estimate of drug-likeness (QED) is 0.873. The first-order chi connectivity index (χ1) is 10.7. The number of benzene rings is 1. The van der Waals surface area contributed by atoms with Gasteiger partial charge in [-0.15, -0.1) is 0 Å². The average Bonchev–Trinajstić information content (AvgIpc) is 3.31. The molecule has 0 unspecified atom stereocenters. The minimum absolute atomic E-state index is 0.0587. The summed E-state index contributed by atoms with van der Waals surface area (Å²) in [6.45, 7) is 1.43. The molecule has 0 amide bonds. The number of anilines is 2. The van der Waals surface area contributed by atoms with Crippen LogP contribution < -0.4 is 11.5 Å². The Kier molecular flexibility index (Phi) is 3.90. The SMILES string of the molecule is N#Cc1c(N)nc(N)nc1-c1ccc(COCC2CC2)cc1. The molecular weight excluding hydrogens is 278 g/mol. The van der Waals surface area contributed by atoms with Crippen molar-refractivity contribution >= 4 is 11.8 Å². The van der Waals surface area contributed by atoms with Gasteiger partial charge < -0.3 is 16.2 Å². The van der Waals surface area contributed by atoms with E-state index in [9.17, 15) is 5.26 Å². The maximum Gasteiger partial charge on any atom is 0.222 e. The van der Waals surface area contributed by atoms with Crippen LogP contribution in [0.1, 0.15) is 24.0 Å². The zero-order valence-electron chi connectivity index (χ0n) is 12.1. The van der Waals surface area contributed by atoms with E-state index in [-0.39, 0.29) is 17.3 Å². The Labute approximate surface area is 128 Å². The number of hydrogen-bond donors (Lipinski definition) is 2. The molecule has 112 valence electrons. The van der Waals surface area contributed by atoms with Crippen LogP contribution in [0, 0.1) is 17.2 Å². The minimum Gasteiger partial charge on any atom is -0.382 e. The molecule has 1 aliphatic rings. The molecule has 6 heteroatoms. The molecule has 0 atom stereocenters. The highest BCUT2D eigenvalue weighted by Gasteiger charge is 2.21. The largest absolute Gasteiger partial charge is 0.382 e. The van der Waals surface area contributed by atoms with E-state index in [1.54, 1.807) is 0 Å². The van der Waals surface area contributed by atoms with Gasteiger partial charge in [-0.05, 0) is 24.3 Å². The van der Waals surface area contributed by atoms with Crippen molar-refractivity contribution < 1.29 is 4.74 Å². The first kappa shape index (κ1) is 14.3. The predicted octanol–water partition coefficient (Wildman–Crippen LogP) is 2.11. The molecule has 22 heavy (non-hydrogen) atoms. The first-order valence-electron chi connectivity index (χ1n) is 7.17. The zero-order valence-corrected chi connectivity index (χ0v) is 12.1. The molecule has 1 saturated carbocycles. The summed E-state index contributed by atoms with van der Waals surface area (Å²) in [5.41, 5.74) is 13.9. The highest BCUT2D eigenvalue weighted by Crippen LogP contribution is 2.29. The summed E-state index contributed by atoms with van der Waals surface area (Å²) in [4.78, 5) is 7.94. The normalized spacial score (nSPS) is 13.8. The van der Waals surface area contributed by atoms with E-state index < -0.39 is 0 Å². The van der Waals surface area contributed by atoms with Crippen LogP contribution in [0.3, 0.4) is 0 Å². The standard InChI is InChI=1S/C16H17N5O/c17-7-13-14(20-16(19)21-15(13)18)12-5-3-11(4-6-12)9-22-8-10-1-2-10/h3-6,10H,1-2,8-9H2,(H4,18,19,20,21). The van der Waals surface area contributed by atoms with Gasteiger partial charge in [-0.25, -0.2) is 4.98 Å². The summed E-state index contributed by atoms with van der Waals surface area (Å²) < 4.78 is 5.65. The number of aromatic nitrogens is 2. The molecule has 4 N–H and O–H groups in total. The second-order valence-electron chi connectivity index (χ2n) is 5.46. The summed E-state index contributed by atoms with van der Waals surface area (Å²) >= 11 is 0. The van der Waals surface area contributed by atoms with Crippen LogP contribution in [0.15, 0.2) is 24.3 Å². The smallest absolute Gasteiger partial charge is 0.222 e. The number of nitrogen functional groups attached to an aromatic ring is 2. The zero-order chi connectivity index (χ0) is 15.5. The Morgan fingerprint density at radius 3 is 2.55 bits per heavy atom. The molecular formula is C16H17N5O. The average molecular weight is 295 g/mol. The molecule has 0 bridgehead atoms. The fourth-order valence-electron chi connectivity index (χ4n) is 2.20. The summed E-state index contributed by atoms with van der Waals surface area (Å²) in [5, 5.41) is 9.21. The first-order valence-corrected chi connectivity index (χ1v) is 7.17. The molecule has 3 rings (SSSR count). The summed E-state index contributed by atoms with van der Waals surface area (Å²) in [7, 11) is 0. The van der Waals surface area contributed by atoms with Crippen LogP contribution in [-0.4, -0.2) is 16.6 Å². The van der Waals surface area contributed by atoms with Crippen molar-refractivity contribution in [3.8, 4) is 17.3 Å². The van der Waals surface area contributed by atoms with E-state index in [1.165, 1.54) is 12.8 Å². The van der Waals surface area contributed by atoms with Crippen molar-refractivity contribution in [3.05, 3.63) is 35.4 Å². The van der Waals surface area contributed by atoms with Crippen LogP contribution in [0.4, 0.5) is 11.8 Å². The van der Waals surface area contributed by atoms with Crippen molar-refractivity contribution in [1.82, 2.24) is 9.97 Å². The second-order valence-corrected chi connectivity index (χ2v) is 5.46. The van der Waals surface area contributed by atoms with Crippen LogP contribution in [-0.2, 0) is 11.3 Å². The Morgan fingerprint density at radius 1 is 1.18 bits per heavy atom. The highest BCUT2D eigenvalue weighted by atomic mass is 16.5. The van der Waals surface area contributed by atoms with Crippen LogP contribution in [0.5, 0.6) is 0 Å². The maximum absolute atomic E-state index is 9.21. The van der Waals surface area contributed by atoms with Crippen molar-refractivity contribution in [2.75, 3.05) is 18.1 Å². The van der Waals surface area contributed by atoms with Crippen molar-refractivity contribution in [2.24, 2.45) is 5.92 Å². The predicted molar refractivity (Wildman–Crippen MR) is 83.4 cm³/mol. The topological polar surface area (TPSA) is 111 Å². The lowest BCUT2D eigenvalue weighted by Crippen LogP contribution is -2.05. The number of ether oxygens (including phenoxy) is 1. The molecule has 1 aromatic heterocycles. The maximum atomic E-state index is 9.21. The van der Waals surface area contributed by atoms with Gasteiger partial charge in [-0.2, -0.15) is 10.2 Å². The Hall–Kier alpha value is -2.65. The number of hydrogen-bond acceptors (Lipinski definition) is 6. The van der Waals surface area contributed by atoms with E-state index in [0.29, 0.717) is 12.3 Å². The molecule has 1 aliphatic carbocycles. The van der Waals surface area contributed by atoms with E-state index in [4.69, 9.17) is 16.2 Å². The molecule has 0 radical (unpaired) electrons. The Bertz CT molecular complexity index is 717. The van der Waals surface area contributed by atoms with Crippen molar-refractivity contribution in [2.45, 2.75) is 19.4 Å². The molecule has 1 aromatic carbocycles. The lowest BCUT2D eigenvalue weighted by molar-refractivity contribution is 0.111. The molecule has 0 saturated heterocycles. The number of nitrogens with zero attached hydrogens (tertiary/aromatic N) is 3. The number of nitrogens with two attached hydrogens (primary N) is 2. The van der Waals surface area contributed by atoms with Gasteiger partial charge >= 0.3 is 0 Å². The lowest BCUT2D eigenvalue weighted by atomic mass is 10.1. The third-order valence-corrected chi connectivity index (χ3v) is 3.61. The fourth-order valence-corrected chi connectivity index (χ4v) is 2.20. The van der Waals surface area contributed by atoms with Gasteiger partial charge in [0.1, 0.15) is 17.5 Å². The van der Waals surface area contributed by atoms with Crippen LogP contribution >= 0.6 is 0 Å². The van der Waals surface area contributed by atoms with E-state index in [1.807, 2.05) is 30.3 Å². The van der Waals surface area contributed by atoms with E-state index >= 15 is 0 Å². The van der Waals surface area contributed by atoms with Gasteiger partial charge in [0.15, 0.2) is 0 Å². The van der Waals surface area contributed by atoms with Gasteiger partial charge in [0.2, 0.25) is 5.95 Å². The van der Waals surface area contributed by atoms with Crippen molar-refractivity contribution in [3.63, 3.8) is 0 Å². The van der Waals surface area contributed by atoms with Gasteiger partial charge in [-0.1, -0.05) is 24.3 Å². The van der Waals surface area contributed by atoms with Crippen LogP contribution in [0.25, 0.3) is 11.3 Å².